The van der Waals surface area contributed by atoms with Gasteiger partial charge in [-0.05, 0) is 26.7 Å². The van der Waals surface area contributed by atoms with E-state index in [0.717, 1.165) is 25.9 Å². The smallest absolute Gasteiger partial charge is 0.328 e. The molecule has 1 aromatic rings. The number of rotatable bonds is 11. The number of unbranched alkanes of at least 4 members (excludes halogenated alkanes) is 1. The van der Waals surface area contributed by atoms with Crippen molar-refractivity contribution in [3.05, 3.63) is 16.1 Å². The Labute approximate surface area is 188 Å². The Balaban J connectivity index is 1.93. The quantitative estimate of drug-likeness (QED) is 0.387. The van der Waals surface area contributed by atoms with Crippen LogP contribution in [0.4, 0.5) is 4.79 Å². The number of aromatic nitrogens is 1. The molecule has 1 aromatic heterocycles. The monoisotopic (exact) mass is 456 g/mol. The van der Waals surface area contributed by atoms with Gasteiger partial charge < -0.3 is 24.8 Å². The van der Waals surface area contributed by atoms with Crippen LogP contribution in [0.15, 0.2) is 5.38 Å². The molecule has 176 valence electrons. The number of nitrogens with zero attached hydrogens (tertiary/aromatic N) is 3. The van der Waals surface area contributed by atoms with Gasteiger partial charge in [-0.1, -0.05) is 13.3 Å². The SMILES string of the molecule is CCCCOC(=O)[C@H](CCN1CCOCC1)NC(=O)N(C)Cc1csc(C(C)(C)O)n1. The van der Waals surface area contributed by atoms with Gasteiger partial charge in [0, 0.05) is 32.1 Å². The van der Waals surface area contributed by atoms with E-state index >= 15 is 0 Å². The van der Waals surface area contributed by atoms with Crippen molar-refractivity contribution in [2.24, 2.45) is 0 Å². The van der Waals surface area contributed by atoms with Gasteiger partial charge in [0.25, 0.3) is 0 Å². The Morgan fingerprint density at radius 3 is 2.74 bits per heavy atom. The van der Waals surface area contributed by atoms with Crippen LogP contribution < -0.4 is 5.32 Å². The largest absolute Gasteiger partial charge is 0.464 e. The zero-order valence-corrected chi connectivity index (χ0v) is 19.9. The number of nitrogens with one attached hydrogen (secondary N) is 1. The van der Waals surface area contributed by atoms with Crippen LogP contribution in [-0.4, -0.2) is 84.4 Å². The number of ether oxygens (including phenoxy) is 2. The molecule has 10 heteroatoms. The van der Waals surface area contributed by atoms with Gasteiger partial charge in [0.1, 0.15) is 16.7 Å². The first kappa shape index (κ1) is 25.5. The molecule has 0 spiro atoms. The predicted octanol–water partition coefficient (Wildman–Crippen LogP) is 1.95. The molecule has 1 aliphatic heterocycles. The first-order valence-electron chi connectivity index (χ1n) is 10.9. The maximum absolute atomic E-state index is 12.7. The second-order valence-electron chi connectivity index (χ2n) is 8.32. The third-order valence-electron chi connectivity index (χ3n) is 4.98. The number of esters is 1. The molecule has 0 radical (unpaired) electrons. The number of hydrogen-bond acceptors (Lipinski definition) is 8. The normalized spacial score (nSPS) is 16.0. The van der Waals surface area contributed by atoms with Gasteiger partial charge in [-0.15, -0.1) is 11.3 Å². The third kappa shape index (κ3) is 8.72. The lowest BCUT2D eigenvalue weighted by atomic mass is 10.1. The fourth-order valence-corrected chi connectivity index (χ4v) is 3.87. The van der Waals surface area contributed by atoms with Crippen LogP contribution in [0.5, 0.6) is 0 Å². The molecule has 31 heavy (non-hydrogen) atoms. The molecule has 9 nitrogen and oxygen atoms in total. The van der Waals surface area contributed by atoms with Gasteiger partial charge in [0.05, 0.1) is 32.1 Å². The molecule has 0 unspecified atom stereocenters. The van der Waals surface area contributed by atoms with Crippen molar-refractivity contribution < 1.29 is 24.2 Å². The number of morpholine rings is 1. The summed E-state index contributed by atoms with van der Waals surface area (Å²) in [5, 5.41) is 15.3. The van der Waals surface area contributed by atoms with Crippen LogP contribution in [0.25, 0.3) is 0 Å². The van der Waals surface area contributed by atoms with Crippen LogP contribution in [0, 0.1) is 0 Å². The standard InChI is InChI=1S/C21H36N4O5S/c1-5-6-11-30-18(26)17(7-8-25-9-12-29-13-10-25)23-20(27)24(4)14-16-15-31-19(22-16)21(2,3)28/h15,17,28H,5-14H2,1-4H3,(H,23,27)/t17-/m0/s1. The van der Waals surface area contributed by atoms with E-state index in [4.69, 9.17) is 9.47 Å². The van der Waals surface area contributed by atoms with Crippen molar-refractivity contribution in [1.29, 1.82) is 0 Å². The number of thiazole rings is 1. The minimum atomic E-state index is -1.02. The summed E-state index contributed by atoms with van der Waals surface area (Å²) >= 11 is 1.35. The van der Waals surface area contributed by atoms with E-state index in [9.17, 15) is 14.7 Å². The lowest BCUT2D eigenvalue weighted by molar-refractivity contribution is -0.146. The van der Waals surface area contributed by atoms with Gasteiger partial charge in [-0.2, -0.15) is 0 Å². The van der Waals surface area contributed by atoms with Crippen molar-refractivity contribution in [2.45, 2.75) is 58.2 Å². The Kier molecular flexibility index (Phi) is 10.1. The molecule has 0 saturated carbocycles. The van der Waals surface area contributed by atoms with Crippen LogP contribution in [0.2, 0.25) is 0 Å². The van der Waals surface area contributed by atoms with E-state index in [1.807, 2.05) is 12.3 Å². The number of carbonyl (C=O) groups excluding carboxylic acids is 2. The number of hydrogen-bond donors (Lipinski definition) is 2. The molecule has 2 heterocycles. The molecule has 1 fully saturated rings. The number of carbonyl (C=O) groups is 2. The van der Waals surface area contributed by atoms with Gasteiger partial charge in [-0.25, -0.2) is 14.6 Å². The molecule has 0 aromatic carbocycles. The second kappa shape index (κ2) is 12.3. The molecule has 1 saturated heterocycles. The summed E-state index contributed by atoms with van der Waals surface area (Å²) in [6, 6.07) is -1.07. The molecule has 2 amide bonds. The van der Waals surface area contributed by atoms with Crippen molar-refractivity contribution in [1.82, 2.24) is 20.1 Å². The Morgan fingerprint density at radius 2 is 2.13 bits per heavy atom. The average molecular weight is 457 g/mol. The second-order valence-corrected chi connectivity index (χ2v) is 9.18. The van der Waals surface area contributed by atoms with E-state index in [2.05, 4.69) is 15.2 Å². The zero-order chi connectivity index (χ0) is 22.9. The van der Waals surface area contributed by atoms with Crippen LogP contribution in [0.1, 0.15) is 50.7 Å². The fraction of sp³-hybridized carbons (Fsp3) is 0.762. The molecule has 1 atom stereocenters. The fourth-order valence-electron chi connectivity index (χ4n) is 3.04. The van der Waals surface area contributed by atoms with E-state index in [0.29, 0.717) is 43.5 Å². The summed E-state index contributed by atoms with van der Waals surface area (Å²) in [4.78, 5) is 33.4. The topological polar surface area (TPSA) is 104 Å². The van der Waals surface area contributed by atoms with E-state index in [1.54, 1.807) is 20.9 Å². The van der Waals surface area contributed by atoms with Crippen molar-refractivity contribution in [3.8, 4) is 0 Å². The summed E-state index contributed by atoms with van der Waals surface area (Å²) in [5.74, 6) is -0.401. The zero-order valence-electron chi connectivity index (χ0n) is 19.1. The van der Waals surface area contributed by atoms with Gasteiger partial charge in [0.15, 0.2) is 0 Å². The van der Waals surface area contributed by atoms with E-state index in [-0.39, 0.29) is 12.6 Å². The van der Waals surface area contributed by atoms with Gasteiger partial charge in [-0.3, -0.25) is 4.90 Å². The third-order valence-corrected chi connectivity index (χ3v) is 6.19. The number of aliphatic hydroxyl groups is 1. The highest BCUT2D eigenvalue weighted by Crippen LogP contribution is 2.23. The summed E-state index contributed by atoms with van der Waals surface area (Å²) in [5.41, 5.74) is -0.327. The van der Waals surface area contributed by atoms with Crippen LogP contribution in [-0.2, 0) is 26.4 Å². The predicted molar refractivity (Wildman–Crippen MR) is 119 cm³/mol. The minimum Gasteiger partial charge on any atom is -0.464 e. The summed E-state index contributed by atoms with van der Waals surface area (Å²) in [6.45, 7) is 9.70. The highest BCUT2D eigenvalue weighted by atomic mass is 32.1. The average Bonchev–Trinajstić information content (AvgIpc) is 3.20. The van der Waals surface area contributed by atoms with Gasteiger partial charge >= 0.3 is 12.0 Å². The molecule has 0 bridgehead atoms. The number of urea groups is 1. The summed E-state index contributed by atoms with van der Waals surface area (Å²) < 4.78 is 10.7. The molecule has 2 N–H and O–H groups in total. The lowest BCUT2D eigenvalue weighted by Gasteiger charge is -2.28. The first-order chi connectivity index (χ1) is 14.7. The highest BCUT2D eigenvalue weighted by Gasteiger charge is 2.26. The van der Waals surface area contributed by atoms with Gasteiger partial charge in [0.2, 0.25) is 0 Å². The maximum Gasteiger partial charge on any atom is 0.328 e. The molecular formula is C21H36N4O5S. The van der Waals surface area contributed by atoms with E-state index < -0.39 is 17.6 Å². The summed E-state index contributed by atoms with van der Waals surface area (Å²) in [7, 11) is 1.65. The van der Waals surface area contributed by atoms with Crippen LogP contribution >= 0.6 is 11.3 Å². The van der Waals surface area contributed by atoms with Crippen LogP contribution in [0.3, 0.4) is 0 Å². The Morgan fingerprint density at radius 1 is 1.42 bits per heavy atom. The van der Waals surface area contributed by atoms with Crippen molar-refractivity contribution in [2.75, 3.05) is 46.5 Å². The Bertz CT molecular complexity index is 700. The minimum absolute atomic E-state index is 0.277. The summed E-state index contributed by atoms with van der Waals surface area (Å²) in [6.07, 6.45) is 2.20. The van der Waals surface area contributed by atoms with Crippen molar-refractivity contribution >= 4 is 23.3 Å². The first-order valence-corrected chi connectivity index (χ1v) is 11.7. The molecular weight excluding hydrogens is 420 g/mol. The lowest BCUT2D eigenvalue weighted by Crippen LogP contribution is -2.49. The molecule has 0 aliphatic carbocycles. The number of amides is 2. The highest BCUT2D eigenvalue weighted by molar-refractivity contribution is 7.09. The Hall–Kier alpha value is -1.75. The van der Waals surface area contributed by atoms with E-state index in [1.165, 1.54) is 16.2 Å². The molecule has 2 rings (SSSR count). The van der Waals surface area contributed by atoms with Crippen molar-refractivity contribution in [3.63, 3.8) is 0 Å². The molecule has 1 aliphatic rings. The maximum atomic E-state index is 12.7.